The lowest BCUT2D eigenvalue weighted by molar-refractivity contribution is -0.132. The summed E-state index contributed by atoms with van der Waals surface area (Å²) in [5, 5.41) is 12.7. The van der Waals surface area contributed by atoms with E-state index in [0.29, 0.717) is 0 Å². The first-order valence-electron chi connectivity index (χ1n) is 7.00. The summed E-state index contributed by atoms with van der Waals surface area (Å²) in [4.78, 5) is 22.8. The van der Waals surface area contributed by atoms with Crippen LogP contribution in [0, 0.1) is 11.8 Å². The van der Waals surface area contributed by atoms with Crippen molar-refractivity contribution in [2.24, 2.45) is 11.8 Å². The number of Topliss-reactive ketones (excluding diaryl/α,β-unsaturated/α-hetero) is 1. The first-order chi connectivity index (χ1) is 8.93. The zero-order chi connectivity index (χ0) is 14.4. The highest BCUT2D eigenvalue weighted by atomic mass is 32.2. The van der Waals surface area contributed by atoms with E-state index in [9.17, 15) is 14.7 Å². The summed E-state index contributed by atoms with van der Waals surface area (Å²) < 4.78 is 0. The van der Waals surface area contributed by atoms with Crippen molar-refractivity contribution < 1.29 is 14.7 Å². The van der Waals surface area contributed by atoms with E-state index < -0.39 is 12.0 Å². The van der Waals surface area contributed by atoms with Gasteiger partial charge in [-0.05, 0) is 37.2 Å². The molecule has 0 radical (unpaired) electrons. The molecule has 1 amide bonds. The van der Waals surface area contributed by atoms with Crippen LogP contribution in [0.25, 0.3) is 0 Å². The number of ketones is 1. The Morgan fingerprint density at radius 1 is 1.42 bits per heavy atom. The lowest BCUT2D eigenvalue weighted by Gasteiger charge is -2.15. The number of carbonyl (C=O) groups excluding carboxylic acids is 2. The number of nitrogens with one attached hydrogen (secondary N) is 1. The first kappa shape index (κ1) is 16.5. The average molecular weight is 287 g/mol. The summed E-state index contributed by atoms with van der Waals surface area (Å²) in [6, 6.07) is -0.253. The van der Waals surface area contributed by atoms with Gasteiger partial charge in [-0.2, -0.15) is 11.8 Å². The van der Waals surface area contributed by atoms with Gasteiger partial charge >= 0.3 is 0 Å². The lowest BCUT2D eigenvalue weighted by atomic mass is 9.95. The molecule has 3 atom stereocenters. The van der Waals surface area contributed by atoms with Crippen molar-refractivity contribution in [3.63, 3.8) is 0 Å². The van der Waals surface area contributed by atoms with Gasteiger partial charge in [0.1, 0.15) is 11.7 Å². The smallest absolute Gasteiger partial charge is 0.233 e. The van der Waals surface area contributed by atoms with E-state index in [0.717, 1.165) is 30.9 Å². The molecule has 1 aliphatic heterocycles. The summed E-state index contributed by atoms with van der Waals surface area (Å²) in [7, 11) is 0. The second-order valence-corrected chi connectivity index (χ2v) is 6.81. The van der Waals surface area contributed by atoms with Gasteiger partial charge in [-0.15, -0.1) is 0 Å². The van der Waals surface area contributed by atoms with Crippen LogP contribution in [0.1, 0.15) is 40.0 Å². The van der Waals surface area contributed by atoms with E-state index in [1.807, 2.05) is 11.8 Å². The number of amides is 1. The molecule has 110 valence electrons. The van der Waals surface area contributed by atoms with Gasteiger partial charge in [0.15, 0.2) is 0 Å². The number of hydrogen-bond donors (Lipinski definition) is 2. The molecule has 4 nitrogen and oxygen atoms in total. The van der Waals surface area contributed by atoms with Gasteiger partial charge in [0.2, 0.25) is 5.91 Å². The molecule has 3 unspecified atom stereocenters. The Hall–Kier alpha value is -0.550. The third-order valence-corrected chi connectivity index (χ3v) is 4.79. The summed E-state index contributed by atoms with van der Waals surface area (Å²) in [6.45, 7) is 5.77. The quantitative estimate of drug-likeness (QED) is 0.526. The molecule has 0 bridgehead atoms. The Labute approximate surface area is 119 Å². The molecule has 0 aliphatic carbocycles. The molecule has 1 rings (SSSR count). The molecule has 0 aromatic carbocycles. The van der Waals surface area contributed by atoms with Crippen molar-refractivity contribution in [2.75, 3.05) is 11.5 Å². The zero-order valence-corrected chi connectivity index (χ0v) is 12.8. The average Bonchev–Trinajstić information content (AvgIpc) is 2.58. The van der Waals surface area contributed by atoms with E-state index >= 15 is 0 Å². The van der Waals surface area contributed by atoms with Gasteiger partial charge in [-0.25, -0.2) is 0 Å². The monoisotopic (exact) mass is 287 g/mol. The number of rotatable bonds is 8. The van der Waals surface area contributed by atoms with Crippen molar-refractivity contribution in [1.82, 2.24) is 5.32 Å². The van der Waals surface area contributed by atoms with Crippen LogP contribution in [0.2, 0.25) is 0 Å². The second kappa shape index (κ2) is 7.90. The topological polar surface area (TPSA) is 66.4 Å². The number of thioether (sulfide) groups is 1. The Morgan fingerprint density at radius 3 is 2.63 bits per heavy atom. The molecule has 1 fully saturated rings. The molecule has 5 heteroatoms. The fourth-order valence-electron chi connectivity index (χ4n) is 2.30. The fraction of sp³-hybridized carbons (Fsp3) is 0.857. The van der Waals surface area contributed by atoms with Crippen LogP contribution >= 0.6 is 11.8 Å². The van der Waals surface area contributed by atoms with Crippen molar-refractivity contribution in [2.45, 2.75) is 52.2 Å². The summed E-state index contributed by atoms with van der Waals surface area (Å²) in [6.07, 6.45) is 1.95. The molecule has 0 saturated carbocycles. The second-order valence-electron chi connectivity index (χ2n) is 5.66. The van der Waals surface area contributed by atoms with Gasteiger partial charge in [0.05, 0.1) is 12.1 Å². The minimum atomic E-state index is -0.861. The van der Waals surface area contributed by atoms with Crippen molar-refractivity contribution in [3.05, 3.63) is 0 Å². The van der Waals surface area contributed by atoms with E-state index in [-0.39, 0.29) is 17.7 Å². The summed E-state index contributed by atoms with van der Waals surface area (Å²) in [5.41, 5.74) is 0. The number of carbonyl (C=O) groups is 2. The lowest BCUT2D eigenvalue weighted by Crippen LogP contribution is -2.32. The van der Waals surface area contributed by atoms with Crippen LogP contribution in [0.3, 0.4) is 0 Å². The van der Waals surface area contributed by atoms with Gasteiger partial charge in [-0.3, -0.25) is 9.59 Å². The molecule has 1 heterocycles. The molecule has 0 aromatic heterocycles. The van der Waals surface area contributed by atoms with E-state index in [1.54, 1.807) is 0 Å². The highest BCUT2D eigenvalue weighted by Crippen LogP contribution is 2.21. The molecular formula is C14H25NO3S. The van der Waals surface area contributed by atoms with Crippen LogP contribution in [-0.2, 0) is 9.59 Å². The van der Waals surface area contributed by atoms with Crippen molar-refractivity contribution >= 4 is 23.5 Å². The van der Waals surface area contributed by atoms with Crippen LogP contribution in [0.5, 0.6) is 0 Å². The predicted molar refractivity (Wildman–Crippen MR) is 78.1 cm³/mol. The van der Waals surface area contributed by atoms with Gasteiger partial charge in [0.25, 0.3) is 0 Å². The van der Waals surface area contributed by atoms with Crippen LogP contribution in [-0.4, -0.2) is 40.4 Å². The normalized spacial score (nSPS) is 26.8. The number of aliphatic hydroxyl groups excluding tert-OH is 1. The molecule has 0 aromatic rings. The highest BCUT2D eigenvalue weighted by Gasteiger charge is 2.43. The third kappa shape index (κ3) is 5.15. The molecule has 0 spiro atoms. The van der Waals surface area contributed by atoms with E-state index in [1.165, 1.54) is 12.7 Å². The maximum Gasteiger partial charge on any atom is 0.233 e. The minimum absolute atomic E-state index is 0.250. The van der Waals surface area contributed by atoms with Crippen LogP contribution in [0.4, 0.5) is 0 Å². The summed E-state index contributed by atoms with van der Waals surface area (Å²) in [5.74, 6) is 1.58. The molecule has 2 N–H and O–H groups in total. The Morgan fingerprint density at radius 2 is 2.11 bits per heavy atom. The first-order valence-corrected chi connectivity index (χ1v) is 8.15. The molecule has 19 heavy (non-hydrogen) atoms. The summed E-state index contributed by atoms with van der Waals surface area (Å²) >= 11 is 1.95. The van der Waals surface area contributed by atoms with Gasteiger partial charge in [0, 0.05) is 0 Å². The maximum atomic E-state index is 11.6. The largest absolute Gasteiger partial charge is 0.390 e. The Bertz CT molecular complexity index is 320. The predicted octanol–water partition coefficient (Wildman–Crippen LogP) is 1.61. The van der Waals surface area contributed by atoms with Crippen LogP contribution in [0.15, 0.2) is 0 Å². The Kier molecular flexibility index (Phi) is 6.86. The standard InChI is InChI=1S/C14H25NO3S/c1-9(2)8-19-7-5-4-6-11-13(17)12(10(3)16)14(18)15-11/h9,11-13,17H,4-8H2,1-3H3,(H,15,18). The zero-order valence-electron chi connectivity index (χ0n) is 12.0. The molecular weight excluding hydrogens is 262 g/mol. The number of hydrogen-bond acceptors (Lipinski definition) is 4. The number of unbranched alkanes of at least 4 members (excludes halogenated alkanes) is 1. The maximum absolute atomic E-state index is 11.6. The third-order valence-electron chi connectivity index (χ3n) is 3.31. The fourth-order valence-corrected chi connectivity index (χ4v) is 3.35. The van der Waals surface area contributed by atoms with Gasteiger partial charge < -0.3 is 10.4 Å². The SMILES string of the molecule is CC(=O)C1C(=O)NC(CCCCSCC(C)C)C1O. The van der Waals surface area contributed by atoms with Crippen molar-refractivity contribution in [3.8, 4) is 0 Å². The minimum Gasteiger partial charge on any atom is -0.390 e. The van der Waals surface area contributed by atoms with Gasteiger partial charge in [-0.1, -0.05) is 20.3 Å². The molecule has 1 saturated heterocycles. The van der Waals surface area contributed by atoms with Crippen molar-refractivity contribution in [1.29, 1.82) is 0 Å². The highest BCUT2D eigenvalue weighted by molar-refractivity contribution is 7.99. The van der Waals surface area contributed by atoms with E-state index in [2.05, 4.69) is 19.2 Å². The van der Waals surface area contributed by atoms with E-state index in [4.69, 9.17) is 0 Å². The molecule has 1 aliphatic rings. The number of aliphatic hydroxyl groups is 1. The van der Waals surface area contributed by atoms with Crippen LogP contribution < -0.4 is 5.32 Å². The Balaban J connectivity index is 2.20.